The van der Waals surface area contributed by atoms with Crippen molar-refractivity contribution < 1.29 is 14.3 Å². The quantitative estimate of drug-likeness (QED) is 0.686. The third kappa shape index (κ3) is 2.60. The highest BCUT2D eigenvalue weighted by Crippen LogP contribution is 2.23. The van der Waals surface area contributed by atoms with Gasteiger partial charge in [-0.2, -0.15) is 0 Å². The largest absolute Gasteiger partial charge is 0.444 e. The highest BCUT2D eigenvalue weighted by molar-refractivity contribution is 5.97. The molecule has 0 radical (unpaired) electrons. The minimum Gasteiger partial charge on any atom is -0.444 e. The van der Waals surface area contributed by atoms with Gasteiger partial charge in [0.2, 0.25) is 5.91 Å². The summed E-state index contributed by atoms with van der Waals surface area (Å²) in [6.07, 6.45) is 0.323. The van der Waals surface area contributed by atoms with Gasteiger partial charge in [0.15, 0.2) is 0 Å². The average molecular weight is 238 g/mol. The van der Waals surface area contributed by atoms with Crippen LogP contribution in [0.15, 0.2) is 11.1 Å². The van der Waals surface area contributed by atoms with Gasteiger partial charge in [0.25, 0.3) is 0 Å². The average Bonchev–Trinajstić information content (AvgIpc) is 2.57. The van der Waals surface area contributed by atoms with Crippen LogP contribution in [0, 0.1) is 0 Å². The van der Waals surface area contributed by atoms with E-state index < -0.39 is 5.60 Å². The fourth-order valence-electron chi connectivity index (χ4n) is 2.04. The molecule has 0 aliphatic carbocycles. The van der Waals surface area contributed by atoms with Crippen LogP contribution in [0.4, 0.5) is 4.79 Å². The highest BCUT2D eigenvalue weighted by atomic mass is 16.6. The van der Waals surface area contributed by atoms with Crippen LogP contribution in [0.3, 0.4) is 0 Å². The van der Waals surface area contributed by atoms with Crippen LogP contribution in [0.1, 0.15) is 27.2 Å². The summed E-state index contributed by atoms with van der Waals surface area (Å²) in [5.74, 6) is 0.0174. The van der Waals surface area contributed by atoms with Crippen molar-refractivity contribution in [2.45, 2.75) is 32.8 Å². The van der Waals surface area contributed by atoms with E-state index in [9.17, 15) is 9.59 Å². The van der Waals surface area contributed by atoms with Gasteiger partial charge >= 0.3 is 6.09 Å². The van der Waals surface area contributed by atoms with Gasteiger partial charge in [-0.3, -0.25) is 4.79 Å². The third-order valence-electron chi connectivity index (χ3n) is 2.83. The van der Waals surface area contributed by atoms with Crippen LogP contribution in [-0.2, 0) is 9.53 Å². The highest BCUT2D eigenvalue weighted by Gasteiger charge is 2.31. The molecule has 2 aliphatic heterocycles. The maximum atomic E-state index is 11.9. The second kappa shape index (κ2) is 4.05. The van der Waals surface area contributed by atoms with Crippen molar-refractivity contribution in [3.8, 4) is 0 Å². The lowest BCUT2D eigenvalue weighted by Crippen LogP contribution is -2.40. The van der Waals surface area contributed by atoms with Gasteiger partial charge in [-0.15, -0.1) is 0 Å². The molecule has 0 bridgehead atoms. The Balaban J connectivity index is 2.01. The van der Waals surface area contributed by atoms with E-state index in [-0.39, 0.29) is 12.0 Å². The van der Waals surface area contributed by atoms with Crippen molar-refractivity contribution in [1.29, 1.82) is 0 Å². The van der Waals surface area contributed by atoms with E-state index in [2.05, 4.69) is 5.32 Å². The van der Waals surface area contributed by atoms with Crippen LogP contribution < -0.4 is 5.32 Å². The molecule has 0 aromatic rings. The van der Waals surface area contributed by atoms with Gasteiger partial charge < -0.3 is 15.0 Å². The Hall–Kier alpha value is -1.52. The molecule has 17 heavy (non-hydrogen) atoms. The maximum Gasteiger partial charge on any atom is 0.410 e. The number of nitrogens with one attached hydrogen (secondary N) is 1. The Morgan fingerprint density at radius 3 is 2.76 bits per heavy atom. The summed E-state index contributed by atoms with van der Waals surface area (Å²) in [5, 5.41) is 2.78. The zero-order valence-electron chi connectivity index (χ0n) is 10.5. The summed E-state index contributed by atoms with van der Waals surface area (Å²) in [5.41, 5.74) is 1.40. The number of hydrogen-bond donors (Lipinski definition) is 1. The lowest BCUT2D eigenvalue weighted by molar-refractivity contribution is -0.116. The number of nitrogens with zero attached hydrogens (tertiary/aromatic N) is 1. The molecule has 2 aliphatic rings. The van der Waals surface area contributed by atoms with E-state index >= 15 is 0 Å². The van der Waals surface area contributed by atoms with Crippen LogP contribution >= 0.6 is 0 Å². The number of amides is 2. The normalized spacial score (nSPS) is 20.2. The van der Waals surface area contributed by atoms with Crippen molar-refractivity contribution in [2.24, 2.45) is 0 Å². The first-order valence-electron chi connectivity index (χ1n) is 5.84. The first kappa shape index (κ1) is 12.0. The Morgan fingerprint density at radius 1 is 1.41 bits per heavy atom. The molecule has 5 heteroatoms. The fraction of sp³-hybridized carbons (Fsp3) is 0.667. The number of rotatable bonds is 0. The van der Waals surface area contributed by atoms with Crippen LogP contribution in [-0.4, -0.2) is 42.1 Å². The van der Waals surface area contributed by atoms with E-state index in [0.717, 1.165) is 11.1 Å². The van der Waals surface area contributed by atoms with Gasteiger partial charge in [0, 0.05) is 25.2 Å². The maximum absolute atomic E-state index is 11.9. The van der Waals surface area contributed by atoms with Gasteiger partial charge in [-0.05, 0) is 32.8 Å². The standard InChI is InChI=1S/C12H18N2O3/c1-12(2,3)17-11(16)14-5-4-9-8(7-14)6-13-10(9)15/h4-7H2,1-3H3,(H,13,15). The van der Waals surface area contributed by atoms with Crippen molar-refractivity contribution >= 4 is 12.0 Å². The molecule has 2 heterocycles. The molecule has 1 N–H and O–H groups in total. The zero-order chi connectivity index (χ0) is 12.6. The summed E-state index contributed by atoms with van der Waals surface area (Å²) < 4.78 is 5.31. The monoisotopic (exact) mass is 238 g/mol. The summed E-state index contributed by atoms with van der Waals surface area (Å²) in [4.78, 5) is 24.9. The van der Waals surface area contributed by atoms with E-state index in [4.69, 9.17) is 4.74 Å². The Labute approximate surface area is 101 Å². The third-order valence-corrected chi connectivity index (χ3v) is 2.83. The Kier molecular flexibility index (Phi) is 2.85. The molecular formula is C12H18N2O3. The molecule has 0 aromatic heterocycles. The number of carbonyl (C=O) groups excluding carboxylic acids is 2. The molecule has 2 rings (SSSR count). The molecule has 5 nitrogen and oxygen atoms in total. The van der Waals surface area contributed by atoms with E-state index in [1.165, 1.54) is 0 Å². The summed E-state index contributed by atoms with van der Waals surface area (Å²) in [6.45, 7) is 7.16. The predicted octanol–water partition coefficient (Wildman–Crippen LogP) is 1.05. The van der Waals surface area contributed by atoms with Gasteiger partial charge in [-0.25, -0.2) is 4.79 Å². The lowest BCUT2D eigenvalue weighted by atomic mass is 10.0. The molecule has 0 saturated carbocycles. The van der Waals surface area contributed by atoms with Crippen molar-refractivity contribution in [2.75, 3.05) is 19.6 Å². The van der Waals surface area contributed by atoms with Crippen LogP contribution in [0.2, 0.25) is 0 Å². The lowest BCUT2D eigenvalue weighted by Gasteiger charge is -2.30. The Morgan fingerprint density at radius 2 is 2.12 bits per heavy atom. The molecule has 0 fully saturated rings. The molecule has 0 spiro atoms. The van der Waals surface area contributed by atoms with Gasteiger partial charge in [0.05, 0.1) is 0 Å². The zero-order valence-corrected chi connectivity index (χ0v) is 10.5. The van der Waals surface area contributed by atoms with E-state index in [0.29, 0.717) is 26.1 Å². The molecule has 2 amide bonds. The summed E-state index contributed by atoms with van der Waals surface area (Å²) in [6, 6.07) is 0. The molecule has 0 atom stereocenters. The molecule has 94 valence electrons. The van der Waals surface area contributed by atoms with Crippen molar-refractivity contribution in [1.82, 2.24) is 10.2 Å². The second-order valence-corrected chi connectivity index (χ2v) is 5.42. The minimum absolute atomic E-state index is 0.0174. The first-order valence-corrected chi connectivity index (χ1v) is 5.84. The van der Waals surface area contributed by atoms with Crippen LogP contribution in [0.5, 0.6) is 0 Å². The number of carbonyl (C=O) groups is 2. The fourth-order valence-corrected chi connectivity index (χ4v) is 2.04. The number of ether oxygens (including phenoxy) is 1. The summed E-state index contributed by atoms with van der Waals surface area (Å²) in [7, 11) is 0. The van der Waals surface area contributed by atoms with Crippen molar-refractivity contribution in [3.05, 3.63) is 11.1 Å². The van der Waals surface area contributed by atoms with E-state index in [1.807, 2.05) is 20.8 Å². The van der Waals surface area contributed by atoms with Crippen molar-refractivity contribution in [3.63, 3.8) is 0 Å². The van der Waals surface area contributed by atoms with E-state index in [1.54, 1.807) is 4.90 Å². The second-order valence-electron chi connectivity index (χ2n) is 5.42. The molecule has 0 saturated heterocycles. The predicted molar refractivity (Wildman–Crippen MR) is 62.5 cm³/mol. The minimum atomic E-state index is -0.477. The first-order chi connectivity index (χ1) is 7.87. The molecular weight excluding hydrogens is 220 g/mol. The van der Waals surface area contributed by atoms with Crippen LogP contribution in [0.25, 0.3) is 0 Å². The SMILES string of the molecule is CC(C)(C)OC(=O)N1CCC2=C(CNC2=O)C1. The van der Waals surface area contributed by atoms with Gasteiger partial charge in [0.1, 0.15) is 5.60 Å². The smallest absolute Gasteiger partial charge is 0.410 e. The topological polar surface area (TPSA) is 58.6 Å². The molecule has 0 aromatic carbocycles. The molecule has 0 unspecified atom stereocenters. The number of hydrogen-bond acceptors (Lipinski definition) is 3. The Bertz CT molecular complexity index is 393. The van der Waals surface area contributed by atoms with Gasteiger partial charge in [-0.1, -0.05) is 0 Å². The summed E-state index contributed by atoms with van der Waals surface area (Å²) >= 11 is 0.